The highest BCUT2D eigenvalue weighted by Gasteiger charge is 2.35. The SMILES string of the molecule is CCOC(=O)C=C1C(=O)CC(C)(C)CC1=O. The van der Waals surface area contributed by atoms with Gasteiger partial charge in [0.2, 0.25) is 0 Å². The number of hydrogen-bond donors (Lipinski definition) is 0. The third-order valence-corrected chi connectivity index (χ3v) is 2.43. The molecule has 0 spiro atoms. The Morgan fingerprint density at radius 1 is 1.31 bits per heavy atom. The molecular formula is C12H16O4. The minimum atomic E-state index is -0.626. The summed E-state index contributed by atoms with van der Waals surface area (Å²) >= 11 is 0. The van der Waals surface area contributed by atoms with Crippen molar-refractivity contribution in [2.75, 3.05) is 6.61 Å². The number of ketones is 2. The molecule has 16 heavy (non-hydrogen) atoms. The molecule has 1 fully saturated rings. The summed E-state index contributed by atoms with van der Waals surface area (Å²) in [4.78, 5) is 34.5. The molecule has 0 bridgehead atoms. The average molecular weight is 224 g/mol. The first-order chi connectivity index (χ1) is 7.35. The van der Waals surface area contributed by atoms with Gasteiger partial charge in [0.25, 0.3) is 0 Å². The van der Waals surface area contributed by atoms with Crippen molar-refractivity contribution in [1.82, 2.24) is 0 Å². The van der Waals surface area contributed by atoms with Crippen molar-refractivity contribution in [3.05, 3.63) is 11.6 Å². The van der Waals surface area contributed by atoms with Gasteiger partial charge in [-0.1, -0.05) is 13.8 Å². The van der Waals surface area contributed by atoms with Gasteiger partial charge in [0.05, 0.1) is 12.2 Å². The quantitative estimate of drug-likeness (QED) is 0.404. The zero-order chi connectivity index (χ0) is 12.3. The van der Waals surface area contributed by atoms with E-state index in [4.69, 9.17) is 0 Å². The number of Topliss-reactive ketones (excluding diaryl/α,β-unsaturated/α-hetero) is 2. The van der Waals surface area contributed by atoms with Crippen molar-refractivity contribution in [2.45, 2.75) is 33.6 Å². The standard InChI is InChI=1S/C12H16O4/c1-4-16-11(15)5-8-9(13)6-12(2,3)7-10(8)14/h5H,4,6-7H2,1-3H3. The Hall–Kier alpha value is -1.45. The molecule has 1 aliphatic carbocycles. The summed E-state index contributed by atoms with van der Waals surface area (Å²) in [6.07, 6.45) is 1.61. The van der Waals surface area contributed by atoms with E-state index in [9.17, 15) is 14.4 Å². The fraction of sp³-hybridized carbons (Fsp3) is 0.583. The van der Waals surface area contributed by atoms with Gasteiger partial charge in [-0.05, 0) is 12.3 Å². The Labute approximate surface area is 94.7 Å². The Morgan fingerprint density at radius 3 is 2.25 bits per heavy atom. The minimum Gasteiger partial charge on any atom is -0.463 e. The minimum absolute atomic E-state index is 0.0159. The summed E-state index contributed by atoms with van der Waals surface area (Å²) < 4.78 is 4.67. The first-order valence-electron chi connectivity index (χ1n) is 5.30. The molecule has 0 atom stereocenters. The smallest absolute Gasteiger partial charge is 0.331 e. The topological polar surface area (TPSA) is 60.4 Å². The summed E-state index contributed by atoms with van der Waals surface area (Å²) in [6.45, 7) is 5.63. The Bertz CT molecular complexity index is 341. The zero-order valence-corrected chi connectivity index (χ0v) is 9.83. The zero-order valence-electron chi connectivity index (χ0n) is 9.83. The first kappa shape index (κ1) is 12.6. The van der Waals surface area contributed by atoms with E-state index in [0.717, 1.165) is 6.08 Å². The number of rotatable bonds is 2. The van der Waals surface area contributed by atoms with E-state index < -0.39 is 5.97 Å². The van der Waals surface area contributed by atoms with Gasteiger partial charge in [0.15, 0.2) is 11.6 Å². The third-order valence-electron chi connectivity index (χ3n) is 2.43. The van der Waals surface area contributed by atoms with Crippen LogP contribution >= 0.6 is 0 Å². The van der Waals surface area contributed by atoms with Crippen LogP contribution in [0.2, 0.25) is 0 Å². The first-order valence-corrected chi connectivity index (χ1v) is 5.30. The lowest BCUT2D eigenvalue weighted by Crippen LogP contribution is -2.32. The van der Waals surface area contributed by atoms with E-state index >= 15 is 0 Å². The van der Waals surface area contributed by atoms with Crippen molar-refractivity contribution in [2.24, 2.45) is 5.41 Å². The van der Waals surface area contributed by atoms with Crippen LogP contribution in [0.5, 0.6) is 0 Å². The molecule has 4 nitrogen and oxygen atoms in total. The number of hydrogen-bond acceptors (Lipinski definition) is 4. The van der Waals surface area contributed by atoms with Gasteiger partial charge in [-0.3, -0.25) is 9.59 Å². The van der Waals surface area contributed by atoms with Gasteiger partial charge in [-0.15, -0.1) is 0 Å². The number of allylic oxidation sites excluding steroid dienone is 1. The molecule has 0 aliphatic heterocycles. The van der Waals surface area contributed by atoms with E-state index in [1.54, 1.807) is 6.92 Å². The second-order valence-electron chi connectivity index (χ2n) is 4.67. The predicted octanol–water partition coefficient (Wildman–Crippen LogP) is 1.43. The fourth-order valence-electron chi connectivity index (χ4n) is 1.74. The molecule has 1 saturated carbocycles. The number of esters is 1. The summed E-state index contributed by atoms with van der Waals surface area (Å²) in [6, 6.07) is 0. The average Bonchev–Trinajstić information content (AvgIpc) is 2.10. The lowest BCUT2D eigenvalue weighted by Gasteiger charge is -2.28. The molecule has 4 heteroatoms. The predicted molar refractivity (Wildman–Crippen MR) is 57.7 cm³/mol. The lowest BCUT2D eigenvalue weighted by molar-refractivity contribution is -0.138. The van der Waals surface area contributed by atoms with Crippen molar-refractivity contribution in [3.63, 3.8) is 0 Å². The van der Waals surface area contributed by atoms with Crippen molar-refractivity contribution >= 4 is 17.5 Å². The maximum Gasteiger partial charge on any atom is 0.331 e. The summed E-state index contributed by atoms with van der Waals surface area (Å²) in [5.41, 5.74) is -0.321. The molecule has 88 valence electrons. The van der Waals surface area contributed by atoms with Crippen molar-refractivity contribution in [1.29, 1.82) is 0 Å². The molecule has 0 aromatic heterocycles. The molecule has 0 radical (unpaired) electrons. The van der Waals surface area contributed by atoms with E-state index in [-0.39, 0.29) is 29.2 Å². The van der Waals surface area contributed by atoms with Crippen LogP contribution in [0.4, 0.5) is 0 Å². The van der Waals surface area contributed by atoms with Gasteiger partial charge in [-0.25, -0.2) is 4.79 Å². The maximum atomic E-state index is 11.7. The Morgan fingerprint density at radius 2 is 1.81 bits per heavy atom. The summed E-state index contributed by atoms with van der Waals surface area (Å²) in [7, 11) is 0. The monoisotopic (exact) mass is 224 g/mol. The maximum absolute atomic E-state index is 11.7. The van der Waals surface area contributed by atoms with Crippen LogP contribution in [0.25, 0.3) is 0 Å². The van der Waals surface area contributed by atoms with Gasteiger partial charge in [0.1, 0.15) is 0 Å². The van der Waals surface area contributed by atoms with Crippen LogP contribution < -0.4 is 0 Å². The van der Waals surface area contributed by atoms with E-state index in [2.05, 4.69) is 4.74 Å². The van der Waals surface area contributed by atoms with Crippen LogP contribution in [0, 0.1) is 5.41 Å². The number of ether oxygens (including phenoxy) is 1. The van der Waals surface area contributed by atoms with Gasteiger partial charge < -0.3 is 4.74 Å². The molecule has 0 heterocycles. The van der Waals surface area contributed by atoms with Crippen molar-refractivity contribution < 1.29 is 19.1 Å². The van der Waals surface area contributed by atoms with E-state index in [1.807, 2.05) is 13.8 Å². The normalized spacial score (nSPS) is 19.6. The Balaban J connectivity index is 2.87. The van der Waals surface area contributed by atoms with Crippen molar-refractivity contribution in [3.8, 4) is 0 Å². The van der Waals surface area contributed by atoms with Crippen LogP contribution in [-0.4, -0.2) is 24.1 Å². The van der Waals surface area contributed by atoms with E-state index in [0.29, 0.717) is 12.8 Å². The largest absolute Gasteiger partial charge is 0.463 e. The fourth-order valence-corrected chi connectivity index (χ4v) is 1.74. The highest BCUT2D eigenvalue weighted by Crippen LogP contribution is 2.33. The summed E-state index contributed by atoms with van der Waals surface area (Å²) in [5.74, 6) is -1.16. The van der Waals surface area contributed by atoms with Crippen LogP contribution in [0.15, 0.2) is 11.6 Å². The van der Waals surface area contributed by atoms with Gasteiger partial charge in [-0.2, -0.15) is 0 Å². The van der Waals surface area contributed by atoms with Crippen LogP contribution in [0.1, 0.15) is 33.6 Å². The summed E-state index contributed by atoms with van der Waals surface area (Å²) in [5, 5.41) is 0. The lowest BCUT2D eigenvalue weighted by atomic mass is 9.74. The second kappa shape index (κ2) is 4.60. The molecule has 0 aromatic rings. The molecule has 0 unspecified atom stereocenters. The second-order valence-corrected chi connectivity index (χ2v) is 4.67. The van der Waals surface area contributed by atoms with Gasteiger partial charge >= 0.3 is 5.97 Å². The number of carbonyl (C=O) groups is 3. The van der Waals surface area contributed by atoms with Gasteiger partial charge in [0, 0.05) is 18.9 Å². The molecule has 0 saturated heterocycles. The molecule has 0 aromatic carbocycles. The van der Waals surface area contributed by atoms with Crippen LogP contribution in [-0.2, 0) is 19.1 Å². The highest BCUT2D eigenvalue weighted by molar-refractivity contribution is 6.24. The van der Waals surface area contributed by atoms with Crippen LogP contribution in [0.3, 0.4) is 0 Å². The molecule has 1 aliphatic rings. The van der Waals surface area contributed by atoms with E-state index in [1.165, 1.54) is 0 Å². The Kier molecular flexibility index (Phi) is 3.62. The molecular weight excluding hydrogens is 208 g/mol. The molecule has 1 rings (SSSR count). The number of carbonyl (C=O) groups excluding carboxylic acids is 3. The molecule has 0 N–H and O–H groups in total. The molecule has 0 amide bonds. The highest BCUT2D eigenvalue weighted by atomic mass is 16.5. The third kappa shape index (κ3) is 3.02.